The Labute approximate surface area is 125 Å². The molecule has 2 unspecified atom stereocenters. The summed E-state index contributed by atoms with van der Waals surface area (Å²) in [5.41, 5.74) is 0. The molecule has 2 atom stereocenters. The van der Waals surface area contributed by atoms with Crippen LogP contribution < -0.4 is 10.6 Å². The van der Waals surface area contributed by atoms with Gasteiger partial charge in [0, 0.05) is 19.2 Å². The number of thioether (sulfide) groups is 1. The first-order chi connectivity index (χ1) is 9.71. The summed E-state index contributed by atoms with van der Waals surface area (Å²) in [4.78, 5) is 8.89. The summed E-state index contributed by atoms with van der Waals surface area (Å²) in [5, 5.41) is 17.1. The second-order valence-corrected chi connectivity index (χ2v) is 6.00. The van der Waals surface area contributed by atoms with Gasteiger partial charge in [0.05, 0.1) is 6.10 Å². The van der Waals surface area contributed by atoms with Gasteiger partial charge in [-0.25, -0.2) is 9.97 Å². The highest BCUT2D eigenvalue weighted by Crippen LogP contribution is 2.25. The molecular formula is C14H24N4OS. The van der Waals surface area contributed by atoms with Crippen molar-refractivity contribution in [2.45, 2.75) is 43.9 Å². The molecule has 20 heavy (non-hydrogen) atoms. The van der Waals surface area contributed by atoms with E-state index in [0.29, 0.717) is 5.92 Å². The lowest BCUT2D eigenvalue weighted by atomic mass is 9.87. The van der Waals surface area contributed by atoms with Crippen LogP contribution in [-0.4, -0.2) is 40.5 Å². The van der Waals surface area contributed by atoms with Crippen LogP contribution in [0.15, 0.2) is 11.2 Å². The summed E-state index contributed by atoms with van der Waals surface area (Å²) in [7, 11) is 0. The largest absolute Gasteiger partial charge is 0.393 e. The standard InChI is InChI=1S/C14H24N4OS/c1-3-15-12-8-13(18-14(17-12)20-2)16-9-10-5-4-6-11(19)7-10/h8,10-11,19H,3-7,9H2,1-2H3,(H2,15,16,17,18). The summed E-state index contributed by atoms with van der Waals surface area (Å²) >= 11 is 1.54. The molecule has 3 N–H and O–H groups in total. The molecule has 0 aliphatic heterocycles. The van der Waals surface area contributed by atoms with E-state index in [9.17, 15) is 5.11 Å². The van der Waals surface area contributed by atoms with Gasteiger partial charge < -0.3 is 15.7 Å². The molecule has 1 heterocycles. The van der Waals surface area contributed by atoms with Crippen LogP contribution in [0.25, 0.3) is 0 Å². The SMILES string of the molecule is CCNc1cc(NCC2CCCC(O)C2)nc(SC)n1. The van der Waals surface area contributed by atoms with Gasteiger partial charge in [-0.3, -0.25) is 0 Å². The van der Waals surface area contributed by atoms with Gasteiger partial charge in [-0.1, -0.05) is 18.2 Å². The molecule has 0 amide bonds. The highest BCUT2D eigenvalue weighted by Gasteiger charge is 2.20. The molecule has 6 heteroatoms. The number of aliphatic hydroxyl groups is 1. The van der Waals surface area contributed by atoms with Crippen molar-refractivity contribution in [2.75, 3.05) is 30.0 Å². The van der Waals surface area contributed by atoms with E-state index in [1.165, 1.54) is 6.42 Å². The van der Waals surface area contributed by atoms with Crippen molar-refractivity contribution in [2.24, 2.45) is 5.92 Å². The smallest absolute Gasteiger partial charge is 0.191 e. The maximum Gasteiger partial charge on any atom is 0.191 e. The summed E-state index contributed by atoms with van der Waals surface area (Å²) in [5.74, 6) is 2.26. The molecule has 1 fully saturated rings. The summed E-state index contributed by atoms with van der Waals surface area (Å²) in [6.45, 7) is 3.77. The molecule has 1 aliphatic carbocycles. The molecule has 0 radical (unpaired) electrons. The Morgan fingerprint density at radius 2 is 2.05 bits per heavy atom. The maximum atomic E-state index is 9.71. The van der Waals surface area contributed by atoms with Gasteiger partial charge in [0.15, 0.2) is 5.16 Å². The first kappa shape index (κ1) is 15.4. The molecule has 1 saturated carbocycles. The average molecular weight is 296 g/mol. The lowest BCUT2D eigenvalue weighted by Crippen LogP contribution is -2.25. The number of anilines is 2. The zero-order chi connectivity index (χ0) is 14.4. The highest BCUT2D eigenvalue weighted by molar-refractivity contribution is 7.98. The Morgan fingerprint density at radius 3 is 2.70 bits per heavy atom. The van der Waals surface area contributed by atoms with Gasteiger partial charge in [-0.15, -0.1) is 0 Å². The van der Waals surface area contributed by atoms with Crippen molar-refractivity contribution in [3.63, 3.8) is 0 Å². The molecule has 112 valence electrons. The van der Waals surface area contributed by atoms with E-state index in [-0.39, 0.29) is 6.10 Å². The zero-order valence-corrected chi connectivity index (χ0v) is 13.0. The van der Waals surface area contributed by atoms with Crippen LogP contribution in [0.5, 0.6) is 0 Å². The van der Waals surface area contributed by atoms with Gasteiger partial charge in [-0.05, 0) is 38.4 Å². The topological polar surface area (TPSA) is 70.1 Å². The van der Waals surface area contributed by atoms with Gasteiger partial charge in [0.1, 0.15) is 11.6 Å². The molecule has 5 nitrogen and oxygen atoms in total. The first-order valence-electron chi connectivity index (χ1n) is 7.30. The van der Waals surface area contributed by atoms with Crippen molar-refractivity contribution in [1.82, 2.24) is 9.97 Å². The van der Waals surface area contributed by atoms with Crippen molar-refractivity contribution in [1.29, 1.82) is 0 Å². The molecule has 1 aromatic rings. The summed E-state index contributed by atoms with van der Waals surface area (Å²) in [6.07, 6.45) is 6.01. The fourth-order valence-electron chi connectivity index (χ4n) is 2.58. The van der Waals surface area contributed by atoms with Gasteiger partial charge >= 0.3 is 0 Å². The molecule has 2 rings (SSSR count). The van der Waals surface area contributed by atoms with Crippen LogP contribution in [0.1, 0.15) is 32.6 Å². The number of nitrogens with zero attached hydrogens (tertiary/aromatic N) is 2. The molecule has 0 spiro atoms. The minimum Gasteiger partial charge on any atom is -0.393 e. The van der Waals surface area contributed by atoms with Gasteiger partial charge in [0.25, 0.3) is 0 Å². The molecule has 0 saturated heterocycles. The van der Waals surface area contributed by atoms with Crippen molar-refractivity contribution >= 4 is 23.4 Å². The lowest BCUT2D eigenvalue weighted by Gasteiger charge is -2.26. The van der Waals surface area contributed by atoms with E-state index in [2.05, 4.69) is 27.5 Å². The van der Waals surface area contributed by atoms with Crippen LogP contribution in [-0.2, 0) is 0 Å². The van der Waals surface area contributed by atoms with Gasteiger partial charge in [-0.2, -0.15) is 0 Å². The Hall–Kier alpha value is -1.01. The normalized spacial score (nSPS) is 22.6. The van der Waals surface area contributed by atoms with Gasteiger partial charge in [0.2, 0.25) is 0 Å². The van der Waals surface area contributed by atoms with E-state index in [1.807, 2.05) is 12.3 Å². The number of nitrogens with one attached hydrogen (secondary N) is 2. The van der Waals surface area contributed by atoms with E-state index in [4.69, 9.17) is 0 Å². The molecule has 0 bridgehead atoms. The molecular weight excluding hydrogens is 272 g/mol. The predicted molar refractivity (Wildman–Crippen MR) is 84.4 cm³/mol. The second kappa shape index (κ2) is 7.69. The van der Waals surface area contributed by atoms with Crippen LogP contribution in [0.2, 0.25) is 0 Å². The molecule has 1 aliphatic rings. The number of hydrogen-bond donors (Lipinski definition) is 3. The van der Waals surface area contributed by atoms with Crippen molar-refractivity contribution < 1.29 is 5.11 Å². The lowest BCUT2D eigenvalue weighted by molar-refractivity contribution is 0.104. The van der Waals surface area contributed by atoms with Crippen LogP contribution >= 0.6 is 11.8 Å². The third-order valence-corrected chi connectivity index (χ3v) is 4.12. The van der Waals surface area contributed by atoms with Crippen molar-refractivity contribution in [3.05, 3.63) is 6.07 Å². The highest BCUT2D eigenvalue weighted by atomic mass is 32.2. The Balaban J connectivity index is 1.95. The minimum absolute atomic E-state index is 0.125. The molecule has 0 aromatic carbocycles. The molecule has 1 aromatic heterocycles. The van der Waals surface area contributed by atoms with Crippen LogP contribution in [0.3, 0.4) is 0 Å². The van der Waals surface area contributed by atoms with E-state index >= 15 is 0 Å². The van der Waals surface area contributed by atoms with Crippen LogP contribution in [0, 0.1) is 5.92 Å². The Kier molecular flexibility index (Phi) is 5.91. The predicted octanol–water partition coefficient (Wildman–Crippen LogP) is 2.59. The summed E-state index contributed by atoms with van der Waals surface area (Å²) < 4.78 is 0. The minimum atomic E-state index is -0.125. The van der Waals surface area contributed by atoms with Crippen LogP contribution in [0.4, 0.5) is 11.6 Å². The Morgan fingerprint density at radius 1 is 1.30 bits per heavy atom. The van der Waals surface area contributed by atoms with E-state index in [0.717, 1.165) is 49.1 Å². The Bertz CT molecular complexity index is 430. The maximum absolute atomic E-state index is 9.71. The number of hydrogen-bond acceptors (Lipinski definition) is 6. The van der Waals surface area contributed by atoms with E-state index < -0.39 is 0 Å². The third kappa shape index (κ3) is 4.52. The quantitative estimate of drug-likeness (QED) is 0.554. The monoisotopic (exact) mass is 296 g/mol. The average Bonchev–Trinajstić information content (AvgIpc) is 2.45. The van der Waals surface area contributed by atoms with E-state index in [1.54, 1.807) is 11.8 Å². The van der Waals surface area contributed by atoms with Crippen molar-refractivity contribution in [3.8, 4) is 0 Å². The third-order valence-electron chi connectivity index (χ3n) is 3.57. The number of aromatic nitrogens is 2. The number of aliphatic hydroxyl groups excluding tert-OH is 1. The second-order valence-electron chi connectivity index (χ2n) is 5.22. The first-order valence-corrected chi connectivity index (χ1v) is 8.52. The fourth-order valence-corrected chi connectivity index (χ4v) is 2.95. The fraction of sp³-hybridized carbons (Fsp3) is 0.714. The number of rotatable bonds is 6. The summed E-state index contributed by atoms with van der Waals surface area (Å²) in [6, 6.07) is 1.95. The zero-order valence-electron chi connectivity index (χ0n) is 12.2.